The van der Waals surface area contributed by atoms with Crippen LogP contribution in [0.15, 0.2) is 0 Å². The predicted octanol–water partition coefficient (Wildman–Crippen LogP) is 13.7. The standard InChI is InChI=1S/C40H75N2/c1-4-7-10-13-16-19-22-25-28-31-34-38-39(35-32-29-26-23-20-17-14-11-8-5-2)41-37-42-40(38)36-33-30-27-24-21-18-15-12-9-6-3/h4-36H2,1-3H3. The van der Waals surface area contributed by atoms with Gasteiger partial charge in [0.25, 0.3) is 0 Å². The minimum atomic E-state index is 1.13. The van der Waals surface area contributed by atoms with Crippen LogP contribution >= 0.6 is 0 Å². The normalized spacial score (nSPS) is 11.5. The van der Waals surface area contributed by atoms with Crippen molar-refractivity contribution < 1.29 is 0 Å². The lowest BCUT2D eigenvalue weighted by molar-refractivity contribution is 0.548. The molecule has 1 heterocycles. The molecule has 2 heteroatoms. The van der Waals surface area contributed by atoms with Crippen LogP contribution in [0.1, 0.15) is 230 Å². The quantitative estimate of drug-likeness (QED) is 0.0769. The summed E-state index contributed by atoms with van der Waals surface area (Å²) in [5, 5.41) is 0. The van der Waals surface area contributed by atoms with Crippen molar-refractivity contribution in [1.29, 1.82) is 0 Å². The summed E-state index contributed by atoms with van der Waals surface area (Å²) in [6, 6.07) is 0. The van der Waals surface area contributed by atoms with Crippen molar-refractivity contribution in [2.45, 2.75) is 233 Å². The molecule has 0 unspecified atom stereocenters. The number of unbranched alkanes of at least 4 members (excludes halogenated alkanes) is 27. The molecule has 0 spiro atoms. The van der Waals surface area contributed by atoms with E-state index in [9.17, 15) is 0 Å². The number of rotatable bonds is 33. The van der Waals surface area contributed by atoms with E-state index in [1.165, 1.54) is 216 Å². The molecule has 245 valence electrons. The number of nitrogens with zero attached hydrogens (tertiary/aromatic N) is 2. The molecule has 0 aliphatic heterocycles. The average Bonchev–Trinajstić information content (AvgIpc) is 3.00. The highest BCUT2D eigenvalue weighted by Gasteiger charge is 2.12. The van der Waals surface area contributed by atoms with Crippen molar-refractivity contribution in [1.82, 2.24) is 9.97 Å². The second-order valence-electron chi connectivity index (χ2n) is 13.5. The van der Waals surface area contributed by atoms with Gasteiger partial charge in [0, 0.05) is 11.4 Å². The van der Waals surface area contributed by atoms with Gasteiger partial charge in [-0.2, -0.15) is 0 Å². The lowest BCUT2D eigenvalue weighted by Gasteiger charge is -2.13. The lowest BCUT2D eigenvalue weighted by Crippen LogP contribution is -2.07. The van der Waals surface area contributed by atoms with Gasteiger partial charge < -0.3 is 0 Å². The molecule has 0 N–H and O–H groups in total. The van der Waals surface area contributed by atoms with Gasteiger partial charge in [-0.1, -0.05) is 194 Å². The maximum Gasteiger partial charge on any atom is 0.198 e. The average molecular weight is 584 g/mol. The molecule has 0 aromatic carbocycles. The number of aryl methyl sites for hydroxylation is 2. The van der Waals surface area contributed by atoms with Gasteiger partial charge >= 0.3 is 0 Å². The van der Waals surface area contributed by atoms with Crippen molar-refractivity contribution >= 4 is 0 Å². The summed E-state index contributed by atoms with van der Waals surface area (Å²) >= 11 is 0. The zero-order valence-corrected chi connectivity index (χ0v) is 29.2. The fraction of sp³-hybridized carbons (Fsp3) is 0.900. The fourth-order valence-electron chi connectivity index (χ4n) is 6.50. The Morgan fingerprint density at radius 1 is 0.310 bits per heavy atom. The molecule has 0 aliphatic rings. The van der Waals surface area contributed by atoms with Crippen molar-refractivity contribution in [2.75, 3.05) is 0 Å². The first-order chi connectivity index (χ1) is 20.8. The summed E-state index contributed by atoms with van der Waals surface area (Å²) in [5.74, 6) is 0. The first kappa shape index (κ1) is 39.1. The van der Waals surface area contributed by atoms with Gasteiger partial charge in [0.1, 0.15) is 0 Å². The maximum absolute atomic E-state index is 4.74. The van der Waals surface area contributed by atoms with E-state index in [0.717, 1.165) is 12.8 Å². The lowest BCUT2D eigenvalue weighted by atomic mass is 9.96. The summed E-state index contributed by atoms with van der Waals surface area (Å²) in [6.45, 7) is 6.92. The molecule has 42 heavy (non-hydrogen) atoms. The number of hydrogen-bond acceptors (Lipinski definition) is 2. The van der Waals surface area contributed by atoms with Gasteiger partial charge in [-0.15, -0.1) is 0 Å². The Morgan fingerprint density at radius 2 is 0.548 bits per heavy atom. The summed E-state index contributed by atoms with van der Waals surface area (Å²) in [5.41, 5.74) is 4.19. The molecule has 1 aromatic rings. The summed E-state index contributed by atoms with van der Waals surface area (Å²) in [4.78, 5) is 9.48. The number of aromatic nitrogens is 2. The van der Waals surface area contributed by atoms with Gasteiger partial charge in [0.15, 0.2) is 6.33 Å². The molecular formula is C40H75N2. The summed E-state index contributed by atoms with van der Waals surface area (Å²) in [7, 11) is 0. The SMILES string of the molecule is CCCCCCCCCCCCc1n[c]nc(CCCCCCCCCCCC)c1CCCCCCCCCCCC. The van der Waals surface area contributed by atoms with E-state index in [1.54, 1.807) is 0 Å². The van der Waals surface area contributed by atoms with Crippen molar-refractivity contribution in [2.24, 2.45) is 0 Å². The van der Waals surface area contributed by atoms with Crippen molar-refractivity contribution in [3.63, 3.8) is 0 Å². The Morgan fingerprint density at radius 3 is 0.833 bits per heavy atom. The molecule has 1 radical (unpaired) electrons. The van der Waals surface area contributed by atoms with Gasteiger partial charge in [-0.05, 0) is 44.1 Å². The van der Waals surface area contributed by atoms with E-state index in [-0.39, 0.29) is 0 Å². The first-order valence-electron chi connectivity index (χ1n) is 19.6. The topological polar surface area (TPSA) is 25.8 Å². The van der Waals surface area contributed by atoms with Crippen LogP contribution in [0.2, 0.25) is 0 Å². The van der Waals surface area contributed by atoms with Crippen LogP contribution in [0.3, 0.4) is 0 Å². The van der Waals surface area contributed by atoms with E-state index in [4.69, 9.17) is 9.97 Å². The van der Waals surface area contributed by atoms with Gasteiger partial charge in [-0.25, -0.2) is 9.97 Å². The van der Waals surface area contributed by atoms with E-state index in [2.05, 4.69) is 27.1 Å². The summed E-state index contributed by atoms with van der Waals surface area (Å²) in [6.07, 6.45) is 48.4. The third-order valence-corrected chi connectivity index (χ3v) is 9.38. The Balaban J connectivity index is 2.41. The van der Waals surface area contributed by atoms with Crippen LogP contribution in [0, 0.1) is 6.33 Å². The molecule has 0 aliphatic carbocycles. The van der Waals surface area contributed by atoms with E-state index < -0.39 is 0 Å². The van der Waals surface area contributed by atoms with Crippen LogP contribution < -0.4 is 0 Å². The largest absolute Gasteiger partial charge is 0.230 e. The van der Waals surface area contributed by atoms with Crippen LogP contribution in [-0.2, 0) is 19.3 Å². The van der Waals surface area contributed by atoms with Crippen LogP contribution in [0.5, 0.6) is 0 Å². The molecule has 0 saturated carbocycles. The Hall–Kier alpha value is -0.920. The van der Waals surface area contributed by atoms with E-state index in [0.29, 0.717) is 0 Å². The zero-order chi connectivity index (χ0) is 30.2. The fourth-order valence-corrected chi connectivity index (χ4v) is 6.50. The smallest absolute Gasteiger partial charge is 0.198 e. The molecular weight excluding hydrogens is 508 g/mol. The zero-order valence-electron chi connectivity index (χ0n) is 29.2. The van der Waals surface area contributed by atoms with Gasteiger partial charge in [0.05, 0.1) is 0 Å². The molecule has 0 fully saturated rings. The van der Waals surface area contributed by atoms with Crippen LogP contribution in [0.25, 0.3) is 0 Å². The third kappa shape index (κ3) is 23.5. The third-order valence-electron chi connectivity index (χ3n) is 9.38. The molecule has 1 rings (SSSR count). The minimum Gasteiger partial charge on any atom is -0.230 e. The second-order valence-corrected chi connectivity index (χ2v) is 13.5. The summed E-state index contributed by atoms with van der Waals surface area (Å²) < 4.78 is 0. The highest BCUT2D eigenvalue weighted by molar-refractivity contribution is 5.25. The molecule has 2 nitrogen and oxygen atoms in total. The highest BCUT2D eigenvalue weighted by atomic mass is 14.8. The molecule has 0 atom stereocenters. The van der Waals surface area contributed by atoms with E-state index >= 15 is 0 Å². The molecule has 0 saturated heterocycles. The Bertz CT molecular complexity index is 627. The predicted molar refractivity (Wildman–Crippen MR) is 188 cm³/mol. The van der Waals surface area contributed by atoms with Gasteiger partial charge in [0.2, 0.25) is 0 Å². The van der Waals surface area contributed by atoms with Crippen LogP contribution in [0.4, 0.5) is 0 Å². The molecule has 0 bridgehead atoms. The first-order valence-corrected chi connectivity index (χ1v) is 19.6. The highest BCUT2D eigenvalue weighted by Crippen LogP contribution is 2.21. The second kappa shape index (κ2) is 31.5. The monoisotopic (exact) mass is 584 g/mol. The van der Waals surface area contributed by atoms with E-state index in [1.807, 2.05) is 0 Å². The van der Waals surface area contributed by atoms with Crippen molar-refractivity contribution in [3.05, 3.63) is 23.3 Å². The van der Waals surface area contributed by atoms with Crippen LogP contribution in [-0.4, -0.2) is 9.97 Å². The Kier molecular flexibility index (Phi) is 29.3. The maximum atomic E-state index is 4.74. The molecule has 1 aromatic heterocycles. The number of hydrogen-bond donors (Lipinski definition) is 0. The Labute approximate surface area is 265 Å². The minimum absolute atomic E-state index is 1.13. The molecule has 0 amide bonds. The van der Waals surface area contributed by atoms with Crippen molar-refractivity contribution in [3.8, 4) is 0 Å². The van der Waals surface area contributed by atoms with Gasteiger partial charge in [-0.3, -0.25) is 0 Å².